The van der Waals surface area contributed by atoms with Crippen molar-refractivity contribution in [1.82, 2.24) is 0 Å². The summed E-state index contributed by atoms with van der Waals surface area (Å²) in [6, 6.07) is 3.23. The predicted molar refractivity (Wildman–Crippen MR) is 117 cm³/mol. The maximum atomic E-state index is 12.1. The Bertz CT molecular complexity index is 1020. The van der Waals surface area contributed by atoms with E-state index in [4.69, 9.17) is 13.9 Å². The molecule has 1 aliphatic heterocycles. The molecule has 1 aromatic heterocycles. The van der Waals surface area contributed by atoms with Crippen LogP contribution in [0.2, 0.25) is 0 Å². The zero-order valence-electron chi connectivity index (χ0n) is 19.5. The minimum absolute atomic E-state index is 0.117. The second-order valence-corrected chi connectivity index (χ2v) is 11.7. The molecule has 7 heteroatoms. The molecule has 2 heterocycles. The Morgan fingerprint density at radius 3 is 2.61 bits per heavy atom. The fourth-order valence-corrected chi connectivity index (χ4v) is 9.16. The summed E-state index contributed by atoms with van der Waals surface area (Å²) in [7, 11) is 0. The number of aliphatic hydroxyl groups is 2. The molecule has 7 nitrogen and oxygen atoms in total. The Morgan fingerprint density at radius 1 is 1.12 bits per heavy atom. The summed E-state index contributed by atoms with van der Waals surface area (Å²) in [5.41, 5.74) is -0.464. The maximum Gasteiger partial charge on any atom is 0.335 e. The normalized spacial score (nSPS) is 52.2. The lowest BCUT2D eigenvalue weighted by molar-refractivity contribution is -0.189. The molecule has 180 valence electrons. The molecule has 1 spiro atoms. The summed E-state index contributed by atoms with van der Waals surface area (Å²) in [4.78, 5) is 23.7. The third kappa shape index (κ3) is 2.67. The van der Waals surface area contributed by atoms with E-state index < -0.39 is 29.5 Å². The molecule has 0 radical (unpaired) electrons. The molecule has 0 amide bonds. The number of epoxide rings is 1. The van der Waals surface area contributed by atoms with Crippen LogP contribution >= 0.6 is 0 Å². The van der Waals surface area contributed by atoms with Crippen LogP contribution in [-0.4, -0.2) is 46.2 Å². The highest BCUT2D eigenvalue weighted by molar-refractivity contribution is 5.66. The van der Waals surface area contributed by atoms with Crippen LogP contribution in [0, 0.1) is 28.6 Å². The Hall–Kier alpha value is -1.70. The predicted octanol–water partition coefficient (Wildman–Crippen LogP) is 2.77. The van der Waals surface area contributed by atoms with Crippen molar-refractivity contribution in [3.63, 3.8) is 0 Å². The van der Waals surface area contributed by atoms with Gasteiger partial charge in [-0.05, 0) is 73.3 Å². The lowest BCUT2D eigenvalue weighted by Gasteiger charge is -2.62. The number of aliphatic hydroxyl groups excluding tert-OH is 2. The van der Waals surface area contributed by atoms with Crippen LogP contribution < -0.4 is 5.63 Å². The smallest absolute Gasteiger partial charge is 0.335 e. The van der Waals surface area contributed by atoms with E-state index in [9.17, 15) is 19.8 Å². The van der Waals surface area contributed by atoms with Crippen LogP contribution in [0.15, 0.2) is 27.6 Å². The van der Waals surface area contributed by atoms with Gasteiger partial charge < -0.3 is 24.1 Å². The third-order valence-corrected chi connectivity index (χ3v) is 10.6. The lowest BCUT2D eigenvalue weighted by Crippen LogP contribution is -2.62. The molecule has 6 rings (SSSR count). The van der Waals surface area contributed by atoms with Gasteiger partial charge in [-0.2, -0.15) is 0 Å². The number of esters is 1. The topological polar surface area (TPSA) is 110 Å². The minimum Gasteiger partial charge on any atom is -0.459 e. The quantitative estimate of drug-likeness (QED) is 0.518. The number of hydrogen-bond acceptors (Lipinski definition) is 7. The molecule has 5 fully saturated rings. The molecule has 4 saturated carbocycles. The van der Waals surface area contributed by atoms with Gasteiger partial charge in [-0.15, -0.1) is 0 Å². The first-order valence-corrected chi connectivity index (χ1v) is 12.4. The number of carbonyl (C=O) groups excluding carboxylic acids is 1. The highest BCUT2D eigenvalue weighted by Crippen LogP contribution is 2.78. The van der Waals surface area contributed by atoms with E-state index in [1.807, 2.05) is 0 Å². The van der Waals surface area contributed by atoms with Gasteiger partial charge in [0, 0.05) is 24.3 Å². The molecule has 33 heavy (non-hydrogen) atoms. The number of rotatable bonds is 2. The summed E-state index contributed by atoms with van der Waals surface area (Å²) in [5.74, 6) is 0.405. The first-order valence-electron chi connectivity index (χ1n) is 12.4. The minimum atomic E-state index is -0.526. The van der Waals surface area contributed by atoms with Crippen molar-refractivity contribution < 1.29 is 28.9 Å². The highest BCUT2D eigenvalue weighted by Gasteiger charge is 2.85. The zero-order valence-corrected chi connectivity index (χ0v) is 19.5. The number of carbonyl (C=O) groups is 1. The van der Waals surface area contributed by atoms with E-state index in [1.54, 1.807) is 6.07 Å². The van der Waals surface area contributed by atoms with Gasteiger partial charge in [-0.25, -0.2) is 4.79 Å². The Morgan fingerprint density at radius 2 is 1.91 bits per heavy atom. The maximum absolute atomic E-state index is 12.1. The van der Waals surface area contributed by atoms with Gasteiger partial charge in [0.15, 0.2) is 0 Å². The van der Waals surface area contributed by atoms with Crippen molar-refractivity contribution >= 4 is 5.97 Å². The number of fused-ring (bicyclic) bond motifs is 3. The van der Waals surface area contributed by atoms with Crippen molar-refractivity contribution in [2.75, 3.05) is 0 Å². The molecule has 0 aromatic carbocycles. The van der Waals surface area contributed by atoms with E-state index in [0.29, 0.717) is 18.3 Å². The van der Waals surface area contributed by atoms with E-state index in [0.717, 1.165) is 37.7 Å². The summed E-state index contributed by atoms with van der Waals surface area (Å²) < 4.78 is 17.7. The Balaban J connectivity index is 1.42. The van der Waals surface area contributed by atoms with Gasteiger partial charge in [0.2, 0.25) is 0 Å². The molecular weight excluding hydrogens is 424 g/mol. The van der Waals surface area contributed by atoms with Crippen LogP contribution in [0.5, 0.6) is 0 Å². The van der Waals surface area contributed by atoms with Gasteiger partial charge in [0.05, 0.1) is 18.5 Å². The van der Waals surface area contributed by atoms with Crippen LogP contribution in [0.3, 0.4) is 0 Å². The van der Waals surface area contributed by atoms with Crippen LogP contribution in [0.1, 0.15) is 70.8 Å². The molecule has 0 bridgehead atoms. The van der Waals surface area contributed by atoms with Gasteiger partial charge >= 0.3 is 11.6 Å². The largest absolute Gasteiger partial charge is 0.459 e. The van der Waals surface area contributed by atoms with E-state index in [-0.39, 0.29) is 34.7 Å². The SMILES string of the molecule is CC(=O)O[C@H]1[C@H]2O[C@]23[C@@H]2CC[C@@H]4C[C@@H](O)C[C@@H](O)[C@]4(C)[C@H]2CC[C@]3(C)[C@H]1c1ccc(=O)oc1. The third-order valence-electron chi connectivity index (χ3n) is 10.6. The molecule has 0 unspecified atom stereocenters. The fraction of sp³-hybridized carbons (Fsp3) is 0.769. The fourth-order valence-electron chi connectivity index (χ4n) is 9.16. The van der Waals surface area contributed by atoms with Crippen molar-refractivity contribution in [2.45, 2.75) is 95.2 Å². The second kappa shape index (κ2) is 6.92. The standard InChI is InChI=1S/C26H34O7/c1-13(27)32-22-21(14-4-7-20(30)31-12-14)24(2)9-8-17-18(26(24)23(22)33-26)6-5-15-10-16(28)11-19(29)25(15,17)3/h4,7,12,15-19,21-23,28-29H,5-6,8-11H2,1-3H3/t15-,16-,17+,18-,19-,21+,22-,23-,24-,25+,26-/m1/s1. The second-order valence-electron chi connectivity index (χ2n) is 11.7. The van der Waals surface area contributed by atoms with E-state index in [2.05, 4.69) is 13.8 Å². The van der Waals surface area contributed by atoms with Gasteiger partial charge in [0.1, 0.15) is 17.8 Å². The van der Waals surface area contributed by atoms with E-state index in [1.165, 1.54) is 19.3 Å². The summed E-state index contributed by atoms with van der Waals surface area (Å²) >= 11 is 0. The monoisotopic (exact) mass is 458 g/mol. The summed E-state index contributed by atoms with van der Waals surface area (Å²) in [6.45, 7) is 5.90. The molecule has 1 saturated heterocycles. The highest BCUT2D eigenvalue weighted by atomic mass is 16.7. The van der Waals surface area contributed by atoms with Crippen LogP contribution in [0.25, 0.3) is 0 Å². The van der Waals surface area contributed by atoms with Gasteiger partial charge in [-0.3, -0.25) is 4.79 Å². The zero-order chi connectivity index (χ0) is 23.3. The average molecular weight is 459 g/mol. The van der Waals surface area contributed by atoms with Crippen LogP contribution in [0.4, 0.5) is 0 Å². The molecule has 2 N–H and O–H groups in total. The summed E-state index contributed by atoms with van der Waals surface area (Å²) in [5, 5.41) is 21.5. The number of hydrogen-bond donors (Lipinski definition) is 2. The van der Waals surface area contributed by atoms with Gasteiger partial charge in [-0.1, -0.05) is 13.8 Å². The Labute approximate surface area is 193 Å². The van der Waals surface area contributed by atoms with Crippen molar-refractivity contribution in [3.05, 3.63) is 34.4 Å². The molecule has 11 atom stereocenters. The van der Waals surface area contributed by atoms with Crippen molar-refractivity contribution in [2.24, 2.45) is 28.6 Å². The first-order chi connectivity index (χ1) is 15.6. The van der Waals surface area contributed by atoms with E-state index >= 15 is 0 Å². The number of ether oxygens (including phenoxy) is 2. The molecule has 5 aliphatic rings. The average Bonchev–Trinajstić information content (AvgIpc) is 3.45. The van der Waals surface area contributed by atoms with Crippen molar-refractivity contribution in [3.8, 4) is 0 Å². The molecule has 4 aliphatic carbocycles. The summed E-state index contributed by atoms with van der Waals surface area (Å²) in [6.07, 6.45) is 4.92. The Kier molecular flexibility index (Phi) is 4.57. The lowest BCUT2D eigenvalue weighted by atomic mass is 9.43. The molecular formula is C26H34O7. The van der Waals surface area contributed by atoms with Crippen molar-refractivity contribution in [1.29, 1.82) is 0 Å². The first kappa shape index (κ1) is 21.8. The molecule has 1 aromatic rings. The van der Waals surface area contributed by atoms with Gasteiger partial charge in [0.25, 0.3) is 0 Å². The van der Waals surface area contributed by atoms with Crippen LogP contribution in [-0.2, 0) is 14.3 Å².